The molecule has 2 amide bonds. The zero-order valence-electron chi connectivity index (χ0n) is 24.7. The zero-order chi connectivity index (χ0) is 29.0. The van der Waals surface area contributed by atoms with Crippen molar-refractivity contribution in [1.29, 1.82) is 0 Å². The molecule has 0 saturated carbocycles. The molecule has 4 rings (SSSR count). The number of para-hydroxylation sites is 2. The van der Waals surface area contributed by atoms with Crippen LogP contribution in [0.15, 0.2) is 78.6 Å². The Balaban J connectivity index is 1.38. The van der Waals surface area contributed by atoms with Crippen molar-refractivity contribution in [2.75, 3.05) is 31.1 Å². The molecule has 0 unspecified atom stereocenters. The quantitative estimate of drug-likeness (QED) is 0.173. The lowest BCUT2D eigenvalue weighted by molar-refractivity contribution is -0.117. The van der Waals surface area contributed by atoms with Crippen LogP contribution in [0.4, 0.5) is 5.69 Å². The SMILES string of the molecule is CCCCN(CCCC)CCCNC(=O)c1ccc(/C=C2/Oc3ccccc3N(Cc3cccc(C)c3)C2=O)cc1. The molecule has 216 valence electrons. The van der Waals surface area contributed by atoms with E-state index in [0.717, 1.165) is 48.4 Å². The molecule has 0 spiro atoms. The number of hydrogen-bond acceptors (Lipinski definition) is 4. The second kappa shape index (κ2) is 15.2. The number of amides is 2. The molecule has 1 heterocycles. The third kappa shape index (κ3) is 8.54. The number of ether oxygens (including phenoxy) is 1. The minimum Gasteiger partial charge on any atom is -0.449 e. The molecule has 0 bridgehead atoms. The first-order chi connectivity index (χ1) is 20.0. The first kappa shape index (κ1) is 30.1. The molecular formula is C35H43N3O3. The average Bonchev–Trinajstić information content (AvgIpc) is 2.98. The predicted molar refractivity (Wildman–Crippen MR) is 167 cm³/mol. The van der Waals surface area contributed by atoms with Gasteiger partial charge in [0.25, 0.3) is 11.8 Å². The van der Waals surface area contributed by atoms with Gasteiger partial charge in [-0.3, -0.25) is 14.5 Å². The van der Waals surface area contributed by atoms with E-state index in [1.807, 2.05) is 61.5 Å². The summed E-state index contributed by atoms with van der Waals surface area (Å²) < 4.78 is 6.04. The van der Waals surface area contributed by atoms with Crippen LogP contribution in [0.25, 0.3) is 6.08 Å². The molecule has 6 heteroatoms. The Morgan fingerprint density at radius 3 is 2.32 bits per heavy atom. The number of nitrogens with zero attached hydrogens (tertiary/aromatic N) is 2. The van der Waals surface area contributed by atoms with Gasteiger partial charge in [0.1, 0.15) is 0 Å². The van der Waals surface area contributed by atoms with Gasteiger partial charge in [0.05, 0.1) is 12.2 Å². The molecular weight excluding hydrogens is 510 g/mol. The summed E-state index contributed by atoms with van der Waals surface area (Å²) in [6.07, 6.45) is 7.50. The van der Waals surface area contributed by atoms with Gasteiger partial charge in [-0.1, -0.05) is 80.8 Å². The molecule has 1 aliphatic heterocycles. The number of benzene rings is 3. The number of carbonyl (C=O) groups excluding carboxylic acids is 2. The molecule has 3 aromatic carbocycles. The lowest BCUT2D eigenvalue weighted by atomic mass is 10.1. The molecule has 1 aliphatic rings. The van der Waals surface area contributed by atoms with E-state index in [1.54, 1.807) is 23.1 Å². The van der Waals surface area contributed by atoms with Crippen LogP contribution in [0.1, 0.15) is 73.0 Å². The number of rotatable bonds is 14. The lowest BCUT2D eigenvalue weighted by Crippen LogP contribution is -2.36. The summed E-state index contributed by atoms with van der Waals surface area (Å²) in [7, 11) is 0. The number of hydrogen-bond donors (Lipinski definition) is 1. The monoisotopic (exact) mass is 553 g/mol. The molecule has 0 saturated heterocycles. The molecule has 0 atom stereocenters. The zero-order valence-corrected chi connectivity index (χ0v) is 24.7. The van der Waals surface area contributed by atoms with Crippen molar-refractivity contribution >= 4 is 23.6 Å². The fourth-order valence-corrected chi connectivity index (χ4v) is 5.00. The topological polar surface area (TPSA) is 61.9 Å². The van der Waals surface area contributed by atoms with Crippen LogP contribution >= 0.6 is 0 Å². The van der Waals surface area contributed by atoms with Crippen LogP contribution in [0.3, 0.4) is 0 Å². The van der Waals surface area contributed by atoms with E-state index in [2.05, 4.69) is 30.1 Å². The number of nitrogens with one attached hydrogen (secondary N) is 1. The number of carbonyl (C=O) groups is 2. The molecule has 0 fully saturated rings. The van der Waals surface area contributed by atoms with Crippen molar-refractivity contribution in [3.05, 3.63) is 101 Å². The molecule has 41 heavy (non-hydrogen) atoms. The summed E-state index contributed by atoms with van der Waals surface area (Å²) in [5.74, 6) is 0.620. The van der Waals surface area contributed by atoms with Crippen molar-refractivity contribution in [3.63, 3.8) is 0 Å². The van der Waals surface area contributed by atoms with Gasteiger partial charge in [0.2, 0.25) is 0 Å². The van der Waals surface area contributed by atoms with Crippen molar-refractivity contribution in [2.45, 2.75) is 59.4 Å². The summed E-state index contributed by atoms with van der Waals surface area (Å²) in [6, 6.07) is 23.0. The Morgan fingerprint density at radius 1 is 0.902 bits per heavy atom. The Hall–Kier alpha value is -3.90. The molecule has 0 aromatic heterocycles. The van der Waals surface area contributed by atoms with Crippen LogP contribution in [-0.2, 0) is 11.3 Å². The van der Waals surface area contributed by atoms with Crippen LogP contribution in [-0.4, -0.2) is 42.9 Å². The number of aryl methyl sites for hydroxylation is 1. The highest BCUT2D eigenvalue weighted by atomic mass is 16.5. The highest BCUT2D eigenvalue weighted by Crippen LogP contribution is 2.36. The summed E-state index contributed by atoms with van der Waals surface area (Å²) >= 11 is 0. The van der Waals surface area contributed by atoms with E-state index in [9.17, 15) is 9.59 Å². The van der Waals surface area contributed by atoms with Gasteiger partial charge in [-0.25, -0.2) is 0 Å². The van der Waals surface area contributed by atoms with Gasteiger partial charge in [-0.2, -0.15) is 0 Å². The second-order valence-electron chi connectivity index (χ2n) is 10.7. The molecule has 1 N–H and O–H groups in total. The normalized spacial score (nSPS) is 13.8. The fourth-order valence-electron chi connectivity index (χ4n) is 5.00. The van der Waals surface area contributed by atoms with Gasteiger partial charge >= 0.3 is 0 Å². The summed E-state index contributed by atoms with van der Waals surface area (Å²) in [4.78, 5) is 30.5. The third-order valence-corrected chi connectivity index (χ3v) is 7.32. The van der Waals surface area contributed by atoms with Gasteiger partial charge < -0.3 is 15.0 Å². The molecule has 3 aromatic rings. The Kier molecular flexibility index (Phi) is 11.1. The maximum absolute atomic E-state index is 13.5. The molecule has 0 radical (unpaired) electrons. The van der Waals surface area contributed by atoms with E-state index in [4.69, 9.17) is 4.74 Å². The van der Waals surface area contributed by atoms with Gasteiger partial charge in [0.15, 0.2) is 11.5 Å². The highest BCUT2D eigenvalue weighted by molar-refractivity contribution is 6.09. The van der Waals surface area contributed by atoms with E-state index in [0.29, 0.717) is 24.4 Å². The first-order valence-corrected chi connectivity index (χ1v) is 14.9. The largest absolute Gasteiger partial charge is 0.449 e. The molecule has 0 aliphatic carbocycles. The molecule has 6 nitrogen and oxygen atoms in total. The third-order valence-electron chi connectivity index (χ3n) is 7.32. The number of unbranched alkanes of at least 4 members (excludes halogenated alkanes) is 2. The summed E-state index contributed by atoms with van der Waals surface area (Å²) in [5, 5.41) is 3.05. The lowest BCUT2D eigenvalue weighted by Gasteiger charge is -2.30. The smallest absolute Gasteiger partial charge is 0.294 e. The summed E-state index contributed by atoms with van der Waals surface area (Å²) in [6.45, 7) is 10.9. The van der Waals surface area contributed by atoms with Crippen LogP contribution in [0.2, 0.25) is 0 Å². The second-order valence-corrected chi connectivity index (χ2v) is 10.7. The predicted octanol–water partition coefficient (Wildman–Crippen LogP) is 6.98. The Labute approximate surface area is 245 Å². The van der Waals surface area contributed by atoms with E-state index in [1.165, 1.54) is 25.7 Å². The highest BCUT2D eigenvalue weighted by Gasteiger charge is 2.30. The number of fused-ring (bicyclic) bond motifs is 1. The van der Waals surface area contributed by atoms with Crippen LogP contribution in [0.5, 0.6) is 5.75 Å². The van der Waals surface area contributed by atoms with Gasteiger partial charge in [-0.15, -0.1) is 0 Å². The van der Waals surface area contributed by atoms with Crippen LogP contribution in [0, 0.1) is 6.92 Å². The average molecular weight is 554 g/mol. The minimum absolute atomic E-state index is 0.0823. The van der Waals surface area contributed by atoms with Gasteiger partial charge in [-0.05, 0) is 87.3 Å². The van der Waals surface area contributed by atoms with E-state index < -0.39 is 0 Å². The summed E-state index contributed by atoms with van der Waals surface area (Å²) in [5.41, 5.74) is 4.35. The van der Waals surface area contributed by atoms with Crippen molar-refractivity contribution < 1.29 is 14.3 Å². The van der Waals surface area contributed by atoms with Crippen molar-refractivity contribution in [2.24, 2.45) is 0 Å². The van der Waals surface area contributed by atoms with Crippen LogP contribution < -0.4 is 15.0 Å². The Morgan fingerprint density at radius 2 is 1.61 bits per heavy atom. The van der Waals surface area contributed by atoms with E-state index in [-0.39, 0.29) is 17.6 Å². The maximum atomic E-state index is 13.5. The van der Waals surface area contributed by atoms with Crippen molar-refractivity contribution in [3.8, 4) is 5.75 Å². The minimum atomic E-state index is -0.195. The Bertz CT molecular complexity index is 1320. The number of anilines is 1. The fraction of sp³-hybridized carbons (Fsp3) is 0.371. The first-order valence-electron chi connectivity index (χ1n) is 14.9. The van der Waals surface area contributed by atoms with Gasteiger partial charge in [0, 0.05) is 12.1 Å². The maximum Gasteiger partial charge on any atom is 0.294 e. The van der Waals surface area contributed by atoms with Crippen molar-refractivity contribution in [1.82, 2.24) is 10.2 Å². The standard InChI is InChI=1S/C35H43N3O3/c1-4-6-21-37(22-7-5-2)23-11-20-36-34(39)30-18-16-28(17-19-30)25-33-35(40)38(26-29-13-10-12-27(3)24-29)31-14-8-9-15-32(31)41-33/h8-10,12-19,24-25H,4-7,11,20-23,26H2,1-3H3,(H,36,39)/b33-25+. The van der Waals surface area contributed by atoms with E-state index >= 15 is 0 Å².